The average molecular weight is 242 g/mol. The van der Waals surface area contributed by atoms with Gasteiger partial charge in [-0.15, -0.1) is 0 Å². The highest BCUT2D eigenvalue weighted by Crippen LogP contribution is 2.16. The van der Waals surface area contributed by atoms with Gasteiger partial charge in [0.2, 0.25) is 5.91 Å². The first-order valence-electron chi connectivity index (χ1n) is 7.12. The summed E-state index contributed by atoms with van der Waals surface area (Å²) in [5.74, 6) is 0.575. The summed E-state index contributed by atoms with van der Waals surface area (Å²) >= 11 is 0. The Hall–Kier alpha value is -0.570. The van der Waals surface area contributed by atoms with Crippen LogP contribution in [0.15, 0.2) is 0 Å². The van der Waals surface area contributed by atoms with E-state index in [1.54, 1.807) is 0 Å². The Morgan fingerprint density at radius 2 is 1.71 bits per heavy atom. The third kappa shape index (κ3) is 7.37. The Morgan fingerprint density at radius 1 is 1.12 bits per heavy atom. The molecule has 0 aromatic rings. The molecule has 1 amide bonds. The number of carbonyl (C=O) groups is 1. The van der Waals surface area contributed by atoms with Gasteiger partial charge in [0.1, 0.15) is 0 Å². The van der Waals surface area contributed by atoms with Crippen LogP contribution < -0.4 is 5.73 Å². The quantitative estimate of drug-likeness (QED) is 0.599. The highest BCUT2D eigenvalue weighted by atomic mass is 16.2. The zero-order valence-corrected chi connectivity index (χ0v) is 11.9. The molecule has 0 aromatic heterocycles. The summed E-state index contributed by atoms with van der Waals surface area (Å²) < 4.78 is 0. The largest absolute Gasteiger partial charge is 0.346 e. The Bertz CT molecular complexity index is 189. The van der Waals surface area contributed by atoms with Gasteiger partial charge in [0.05, 0.1) is 0 Å². The first kappa shape index (κ1) is 16.4. The van der Waals surface area contributed by atoms with Gasteiger partial charge >= 0.3 is 0 Å². The van der Waals surface area contributed by atoms with Crippen molar-refractivity contribution in [2.75, 3.05) is 20.1 Å². The van der Waals surface area contributed by atoms with Gasteiger partial charge in [-0.3, -0.25) is 4.79 Å². The standard InChI is InChI=1S/C14H30N2O/c1-4-9-13(10-5-2)14(17)16(3)12-8-6-7-11-15/h13H,4-12,15H2,1-3H3. The number of carbonyl (C=O) groups excluding carboxylic acids is 1. The molecule has 0 radical (unpaired) electrons. The Balaban J connectivity index is 3.97. The van der Waals surface area contributed by atoms with Crippen molar-refractivity contribution in [1.29, 1.82) is 0 Å². The van der Waals surface area contributed by atoms with Crippen molar-refractivity contribution in [3.05, 3.63) is 0 Å². The number of nitrogens with two attached hydrogens (primary N) is 1. The van der Waals surface area contributed by atoms with Crippen LogP contribution in [0.25, 0.3) is 0 Å². The summed E-state index contributed by atoms with van der Waals surface area (Å²) in [7, 11) is 1.93. The molecule has 0 spiro atoms. The fourth-order valence-corrected chi connectivity index (χ4v) is 2.18. The summed E-state index contributed by atoms with van der Waals surface area (Å²) in [5.41, 5.74) is 5.45. The van der Waals surface area contributed by atoms with E-state index in [-0.39, 0.29) is 5.92 Å². The smallest absolute Gasteiger partial charge is 0.225 e. The molecule has 0 aromatic carbocycles. The van der Waals surface area contributed by atoms with E-state index in [1.807, 2.05) is 11.9 Å². The lowest BCUT2D eigenvalue weighted by molar-refractivity contribution is -0.134. The van der Waals surface area contributed by atoms with E-state index in [4.69, 9.17) is 5.73 Å². The molecular weight excluding hydrogens is 212 g/mol. The minimum atomic E-state index is 0.240. The molecule has 0 bridgehead atoms. The summed E-state index contributed by atoms with van der Waals surface area (Å²) in [6.45, 7) is 5.93. The lowest BCUT2D eigenvalue weighted by Gasteiger charge is -2.23. The Kier molecular flexibility index (Phi) is 10.2. The molecular formula is C14H30N2O. The molecule has 3 nitrogen and oxygen atoms in total. The zero-order chi connectivity index (χ0) is 13.1. The first-order chi connectivity index (χ1) is 8.17. The van der Waals surface area contributed by atoms with Gasteiger partial charge < -0.3 is 10.6 Å². The molecule has 0 heterocycles. The normalized spacial score (nSPS) is 10.9. The fraction of sp³-hybridized carbons (Fsp3) is 0.929. The molecule has 102 valence electrons. The highest BCUT2D eigenvalue weighted by molar-refractivity contribution is 5.78. The molecule has 0 aliphatic rings. The van der Waals surface area contributed by atoms with Crippen LogP contribution >= 0.6 is 0 Å². The van der Waals surface area contributed by atoms with E-state index in [9.17, 15) is 4.79 Å². The topological polar surface area (TPSA) is 46.3 Å². The minimum Gasteiger partial charge on any atom is -0.346 e. The second-order valence-corrected chi connectivity index (χ2v) is 4.88. The maximum atomic E-state index is 12.2. The predicted octanol–water partition coefficient (Wildman–Crippen LogP) is 2.79. The maximum absolute atomic E-state index is 12.2. The van der Waals surface area contributed by atoms with Crippen molar-refractivity contribution in [3.63, 3.8) is 0 Å². The van der Waals surface area contributed by atoms with Crippen molar-refractivity contribution in [1.82, 2.24) is 4.90 Å². The van der Waals surface area contributed by atoms with E-state index >= 15 is 0 Å². The number of nitrogens with zero attached hydrogens (tertiary/aromatic N) is 1. The summed E-state index contributed by atoms with van der Waals surface area (Å²) in [6.07, 6.45) is 7.51. The second-order valence-electron chi connectivity index (χ2n) is 4.88. The molecule has 0 atom stereocenters. The van der Waals surface area contributed by atoms with Gasteiger partial charge in [-0.25, -0.2) is 0 Å². The Morgan fingerprint density at radius 3 is 2.18 bits per heavy atom. The molecule has 0 aliphatic carbocycles. The van der Waals surface area contributed by atoms with Crippen LogP contribution in [-0.4, -0.2) is 30.9 Å². The van der Waals surface area contributed by atoms with Crippen LogP contribution in [0, 0.1) is 5.92 Å². The van der Waals surface area contributed by atoms with Crippen molar-refractivity contribution in [3.8, 4) is 0 Å². The summed E-state index contributed by atoms with van der Waals surface area (Å²) in [5, 5.41) is 0. The maximum Gasteiger partial charge on any atom is 0.225 e. The number of unbranched alkanes of at least 4 members (excludes halogenated alkanes) is 2. The van der Waals surface area contributed by atoms with Crippen LogP contribution in [0.1, 0.15) is 58.8 Å². The number of hydrogen-bond acceptors (Lipinski definition) is 2. The van der Waals surface area contributed by atoms with Gasteiger partial charge in [-0.05, 0) is 32.2 Å². The first-order valence-corrected chi connectivity index (χ1v) is 7.12. The fourth-order valence-electron chi connectivity index (χ4n) is 2.18. The molecule has 0 rings (SSSR count). The molecule has 0 unspecified atom stereocenters. The number of rotatable bonds is 10. The number of amides is 1. The Labute approximate surface area is 107 Å². The van der Waals surface area contributed by atoms with E-state index in [0.29, 0.717) is 5.91 Å². The van der Waals surface area contributed by atoms with Crippen molar-refractivity contribution >= 4 is 5.91 Å². The van der Waals surface area contributed by atoms with Crippen LogP contribution in [0.4, 0.5) is 0 Å². The zero-order valence-electron chi connectivity index (χ0n) is 11.9. The number of hydrogen-bond donors (Lipinski definition) is 1. The van der Waals surface area contributed by atoms with Gasteiger partial charge in [-0.2, -0.15) is 0 Å². The molecule has 0 aliphatic heterocycles. The summed E-state index contributed by atoms with van der Waals surface area (Å²) in [6, 6.07) is 0. The van der Waals surface area contributed by atoms with Gasteiger partial charge in [-0.1, -0.05) is 33.1 Å². The van der Waals surface area contributed by atoms with E-state index in [2.05, 4.69) is 13.8 Å². The molecule has 0 saturated heterocycles. The predicted molar refractivity (Wildman–Crippen MR) is 73.8 cm³/mol. The molecule has 3 heteroatoms. The van der Waals surface area contributed by atoms with E-state index < -0.39 is 0 Å². The van der Waals surface area contributed by atoms with Gasteiger partial charge in [0.25, 0.3) is 0 Å². The lowest BCUT2D eigenvalue weighted by Crippen LogP contribution is -2.33. The van der Waals surface area contributed by atoms with Crippen molar-refractivity contribution < 1.29 is 4.79 Å². The minimum absolute atomic E-state index is 0.240. The lowest BCUT2D eigenvalue weighted by atomic mass is 9.97. The highest BCUT2D eigenvalue weighted by Gasteiger charge is 2.19. The SMILES string of the molecule is CCCC(CCC)C(=O)N(C)CCCCCN. The molecule has 0 saturated carbocycles. The van der Waals surface area contributed by atoms with Crippen molar-refractivity contribution in [2.24, 2.45) is 11.7 Å². The van der Waals surface area contributed by atoms with Crippen LogP contribution in [0.3, 0.4) is 0 Å². The molecule has 0 fully saturated rings. The average Bonchev–Trinajstić information content (AvgIpc) is 2.33. The third-order valence-electron chi connectivity index (χ3n) is 3.20. The van der Waals surface area contributed by atoms with Gasteiger partial charge in [0.15, 0.2) is 0 Å². The molecule has 17 heavy (non-hydrogen) atoms. The van der Waals surface area contributed by atoms with Crippen LogP contribution in [-0.2, 0) is 4.79 Å². The van der Waals surface area contributed by atoms with E-state index in [1.165, 1.54) is 0 Å². The monoisotopic (exact) mass is 242 g/mol. The third-order valence-corrected chi connectivity index (χ3v) is 3.20. The van der Waals surface area contributed by atoms with Crippen molar-refractivity contribution in [2.45, 2.75) is 58.8 Å². The van der Waals surface area contributed by atoms with Crippen LogP contribution in [0.5, 0.6) is 0 Å². The van der Waals surface area contributed by atoms with E-state index in [0.717, 1.165) is 58.0 Å². The van der Waals surface area contributed by atoms with Crippen LogP contribution in [0.2, 0.25) is 0 Å². The molecule has 2 N–H and O–H groups in total. The summed E-state index contributed by atoms with van der Waals surface area (Å²) in [4.78, 5) is 14.1. The second kappa shape index (κ2) is 10.6. The van der Waals surface area contributed by atoms with Gasteiger partial charge in [0, 0.05) is 19.5 Å².